The maximum atomic E-state index is 14.7. The van der Waals surface area contributed by atoms with Crippen molar-refractivity contribution >= 4 is 16.1 Å². The van der Waals surface area contributed by atoms with Gasteiger partial charge in [0.15, 0.2) is 16.5 Å². The molecule has 1 fully saturated rings. The van der Waals surface area contributed by atoms with E-state index >= 15 is 0 Å². The summed E-state index contributed by atoms with van der Waals surface area (Å²) in [6, 6.07) is 4.08. The topological polar surface area (TPSA) is 9.23 Å². The summed E-state index contributed by atoms with van der Waals surface area (Å²) in [6.45, 7) is 2.53. The van der Waals surface area contributed by atoms with E-state index in [2.05, 4.69) is 11.3 Å². The minimum atomic E-state index is -10.5. The largest absolute Gasteiger partial charge is 0.495 e. The van der Waals surface area contributed by atoms with E-state index in [-0.39, 0.29) is 41.5 Å². The van der Waals surface area contributed by atoms with Crippen LogP contribution in [0.2, 0.25) is 0 Å². The van der Waals surface area contributed by atoms with Crippen LogP contribution in [0.25, 0.3) is 5.83 Å². The molecular weight excluding hydrogens is 538 g/mol. The Kier molecular flexibility index (Phi) is 7.76. The lowest BCUT2D eigenvalue weighted by Crippen LogP contribution is -2.15. The number of hydrogen-bond acceptors (Lipinski definition) is 1. The van der Waals surface area contributed by atoms with Crippen LogP contribution in [0.5, 0.6) is 0 Å². The van der Waals surface area contributed by atoms with Crippen molar-refractivity contribution < 1.29 is 46.1 Å². The Labute approximate surface area is 207 Å². The molecule has 0 unspecified atom stereocenters. The number of ether oxygens (including phenoxy) is 1. The van der Waals surface area contributed by atoms with Gasteiger partial charge in [-0.25, -0.2) is 22.0 Å². The summed E-state index contributed by atoms with van der Waals surface area (Å²) in [5, 5.41) is 0. The first-order valence-corrected chi connectivity index (χ1v) is 13.2. The monoisotopic (exact) mass is 562 g/mol. The molecule has 2 aromatic carbocycles. The first kappa shape index (κ1) is 28.9. The minimum absolute atomic E-state index is 0.0133. The van der Waals surface area contributed by atoms with Crippen LogP contribution in [0.15, 0.2) is 53.9 Å². The Bertz CT molecular complexity index is 1180. The molecular formula is C25H24F10OS. The van der Waals surface area contributed by atoms with Gasteiger partial charge in [-0.2, -0.15) is 0 Å². The fourth-order valence-electron chi connectivity index (χ4n) is 4.60. The molecule has 2 aromatic rings. The van der Waals surface area contributed by atoms with E-state index in [1.807, 2.05) is 0 Å². The molecule has 1 saturated carbocycles. The Morgan fingerprint density at radius 3 is 2.00 bits per heavy atom. The van der Waals surface area contributed by atoms with E-state index in [0.717, 1.165) is 12.3 Å². The highest BCUT2D eigenvalue weighted by Crippen LogP contribution is 3.02. The quantitative estimate of drug-likeness (QED) is 0.218. The van der Waals surface area contributed by atoms with E-state index in [4.69, 9.17) is 0 Å². The van der Waals surface area contributed by atoms with Crippen molar-refractivity contribution in [1.82, 2.24) is 0 Å². The molecule has 0 aliphatic heterocycles. The van der Waals surface area contributed by atoms with Crippen molar-refractivity contribution in [3.63, 3.8) is 0 Å². The second-order valence-corrected chi connectivity index (χ2v) is 11.4. The van der Waals surface area contributed by atoms with Gasteiger partial charge in [0.1, 0.15) is 24.1 Å². The van der Waals surface area contributed by atoms with Gasteiger partial charge in [0.05, 0.1) is 6.26 Å². The number of aryl methyl sites for hydroxylation is 1. The van der Waals surface area contributed by atoms with Gasteiger partial charge in [-0.15, -0.1) is 0 Å². The second kappa shape index (κ2) is 9.92. The molecule has 0 saturated heterocycles. The van der Waals surface area contributed by atoms with Crippen molar-refractivity contribution in [1.29, 1.82) is 0 Å². The van der Waals surface area contributed by atoms with E-state index in [9.17, 15) is 41.4 Å². The van der Waals surface area contributed by atoms with Crippen molar-refractivity contribution in [3.8, 4) is 0 Å². The molecule has 3 rings (SSSR count). The molecule has 12 heteroatoms. The number of rotatable bonds is 9. The molecule has 0 bridgehead atoms. The van der Waals surface area contributed by atoms with Crippen LogP contribution < -0.4 is 0 Å². The smallest absolute Gasteiger partial charge is 0.315 e. The Hall–Kier alpha value is -2.63. The lowest BCUT2D eigenvalue weighted by atomic mass is 9.76. The van der Waals surface area contributed by atoms with Crippen LogP contribution in [-0.4, -0.2) is 6.61 Å². The zero-order chi connectivity index (χ0) is 27.7. The number of hydrogen-bond donors (Lipinski definition) is 0. The Balaban J connectivity index is 1.61. The molecule has 37 heavy (non-hydrogen) atoms. The van der Waals surface area contributed by atoms with Crippen LogP contribution in [0, 0.1) is 23.4 Å². The van der Waals surface area contributed by atoms with Gasteiger partial charge in [-0.3, -0.25) is 0 Å². The molecule has 0 heterocycles. The molecule has 0 radical (unpaired) electrons. The first-order chi connectivity index (χ1) is 17.0. The highest BCUT2D eigenvalue weighted by molar-refractivity contribution is 8.45. The van der Waals surface area contributed by atoms with Gasteiger partial charge in [0.25, 0.3) is 0 Å². The third kappa shape index (κ3) is 7.24. The molecule has 0 spiro atoms. The maximum absolute atomic E-state index is 14.7. The summed E-state index contributed by atoms with van der Waals surface area (Å²) in [6.07, 6.45) is 3.43. The zero-order valence-corrected chi connectivity index (χ0v) is 20.2. The summed E-state index contributed by atoms with van der Waals surface area (Å²) in [7, 11) is -10.5. The molecule has 0 amide bonds. The predicted molar refractivity (Wildman–Crippen MR) is 122 cm³/mol. The predicted octanol–water partition coefficient (Wildman–Crippen LogP) is 10.4. The summed E-state index contributed by atoms with van der Waals surface area (Å²) in [5.74, 6) is -8.07. The van der Waals surface area contributed by atoms with E-state index < -0.39 is 50.8 Å². The SMILES string of the molecule is C=COCC(F)=C(F)c1ccc(C2CCC(CCc3cc(F)c(S(F)(F)(F)(F)F)c(F)c3)CC2)c(F)c1. The summed E-state index contributed by atoms with van der Waals surface area (Å²) >= 11 is 0. The van der Waals surface area contributed by atoms with Gasteiger partial charge in [-0.1, -0.05) is 38.1 Å². The van der Waals surface area contributed by atoms with Gasteiger partial charge in [-0.05, 0) is 79.7 Å². The molecule has 0 N–H and O–H groups in total. The molecule has 0 aromatic heterocycles. The highest BCUT2D eigenvalue weighted by Gasteiger charge is 2.68. The first-order valence-electron chi connectivity index (χ1n) is 11.3. The molecule has 0 atom stereocenters. The highest BCUT2D eigenvalue weighted by atomic mass is 32.5. The molecule has 206 valence electrons. The van der Waals surface area contributed by atoms with Crippen LogP contribution >= 0.6 is 10.2 Å². The van der Waals surface area contributed by atoms with Gasteiger partial charge >= 0.3 is 10.2 Å². The van der Waals surface area contributed by atoms with Crippen molar-refractivity contribution in [2.75, 3.05) is 6.61 Å². The fourth-order valence-corrected chi connectivity index (χ4v) is 5.46. The summed E-state index contributed by atoms with van der Waals surface area (Å²) in [5.41, 5.74) is -0.130. The Morgan fingerprint density at radius 1 is 0.892 bits per heavy atom. The summed E-state index contributed by atoms with van der Waals surface area (Å²) < 4.78 is 139. The molecule has 1 nitrogen and oxygen atoms in total. The van der Waals surface area contributed by atoms with E-state index in [1.54, 1.807) is 0 Å². The fraction of sp³-hybridized carbons (Fsp3) is 0.360. The van der Waals surface area contributed by atoms with E-state index in [1.165, 1.54) is 12.1 Å². The van der Waals surface area contributed by atoms with Gasteiger partial charge < -0.3 is 4.74 Å². The molecule has 1 aliphatic carbocycles. The second-order valence-electron chi connectivity index (χ2n) is 9.05. The third-order valence-corrected chi connectivity index (χ3v) is 7.55. The molecule has 1 aliphatic rings. The normalized spacial score (nSPS) is 21.0. The van der Waals surface area contributed by atoms with Crippen LogP contribution in [0.1, 0.15) is 54.7 Å². The Morgan fingerprint density at radius 2 is 1.49 bits per heavy atom. The zero-order valence-electron chi connectivity index (χ0n) is 19.4. The number of benzene rings is 2. The maximum Gasteiger partial charge on any atom is 0.315 e. The summed E-state index contributed by atoms with van der Waals surface area (Å²) in [4.78, 5) is -3.14. The third-order valence-electron chi connectivity index (χ3n) is 6.39. The minimum Gasteiger partial charge on any atom is -0.495 e. The van der Waals surface area contributed by atoms with Crippen molar-refractivity contribution in [2.45, 2.75) is 49.3 Å². The van der Waals surface area contributed by atoms with Crippen molar-refractivity contribution in [3.05, 3.63) is 83.1 Å². The van der Waals surface area contributed by atoms with Crippen molar-refractivity contribution in [2.24, 2.45) is 5.92 Å². The van der Waals surface area contributed by atoms with Crippen LogP contribution in [-0.2, 0) is 11.2 Å². The van der Waals surface area contributed by atoms with Crippen LogP contribution in [0.3, 0.4) is 0 Å². The average molecular weight is 563 g/mol. The standard InChI is InChI=1S/C25H24F10OS/c1-2-36-14-23(29)24(30)18-9-10-19(20(26)13-18)17-7-5-15(6-8-17)3-4-16-11-21(27)25(22(28)12-16)37(31,32,33,34)35/h2,9-13,15,17H,1,3-8,14H2. The lowest BCUT2D eigenvalue weighted by Gasteiger charge is -2.40. The van der Waals surface area contributed by atoms with Gasteiger partial charge in [0.2, 0.25) is 0 Å². The van der Waals surface area contributed by atoms with Crippen LogP contribution in [0.4, 0.5) is 41.4 Å². The number of halogens is 10. The van der Waals surface area contributed by atoms with E-state index in [0.29, 0.717) is 37.7 Å². The average Bonchev–Trinajstić information content (AvgIpc) is 2.78. The van der Waals surface area contributed by atoms with Gasteiger partial charge in [0, 0.05) is 5.56 Å². The lowest BCUT2D eigenvalue weighted by molar-refractivity contribution is 0.255.